The number of benzene rings is 1. The minimum atomic E-state index is 0.605. The van der Waals surface area contributed by atoms with Crippen molar-refractivity contribution in [2.75, 3.05) is 11.1 Å². The van der Waals surface area contributed by atoms with Crippen molar-refractivity contribution in [1.82, 2.24) is 4.98 Å². The van der Waals surface area contributed by atoms with E-state index in [2.05, 4.69) is 16.2 Å². The standard InChI is InChI=1S/C13H11N3/c1-2-10-4-3-5-11(8-10)16-13-6-7-15-9-12(13)14/h1,3-9H,14H2,(H,15,16). The highest BCUT2D eigenvalue weighted by atomic mass is 14.9. The molecule has 0 radical (unpaired) electrons. The lowest BCUT2D eigenvalue weighted by Gasteiger charge is -2.08. The third-order valence-corrected chi connectivity index (χ3v) is 2.16. The first-order valence-electron chi connectivity index (χ1n) is 4.83. The molecule has 78 valence electrons. The Morgan fingerprint density at radius 2 is 2.19 bits per heavy atom. The molecular formula is C13H11N3. The number of anilines is 3. The van der Waals surface area contributed by atoms with Gasteiger partial charge in [-0.1, -0.05) is 12.0 Å². The van der Waals surface area contributed by atoms with Crippen molar-refractivity contribution in [3.8, 4) is 12.3 Å². The third-order valence-electron chi connectivity index (χ3n) is 2.16. The van der Waals surface area contributed by atoms with Crippen LogP contribution in [-0.4, -0.2) is 4.98 Å². The van der Waals surface area contributed by atoms with Gasteiger partial charge in [-0.3, -0.25) is 4.98 Å². The molecule has 2 aromatic rings. The normalized spacial score (nSPS) is 9.44. The Kier molecular flexibility index (Phi) is 2.75. The van der Waals surface area contributed by atoms with Crippen molar-refractivity contribution in [2.24, 2.45) is 0 Å². The molecule has 3 heteroatoms. The summed E-state index contributed by atoms with van der Waals surface area (Å²) < 4.78 is 0. The van der Waals surface area contributed by atoms with E-state index in [9.17, 15) is 0 Å². The number of nitrogens with zero attached hydrogens (tertiary/aromatic N) is 1. The first kappa shape index (κ1) is 10.1. The smallest absolute Gasteiger partial charge is 0.0739 e. The first-order chi connectivity index (χ1) is 7.79. The Bertz CT molecular complexity index is 541. The zero-order valence-corrected chi connectivity index (χ0v) is 8.64. The third kappa shape index (κ3) is 2.12. The van der Waals surface area contributed by atoms with Crippen LogP contribution < -0.4 is 11.1 Å². The van der Waals surface area contributed by atoms with Crippen molar-refractivity contribution in [3.63, 3.8) is 0 Å². The van der Waals surface area contributed by atoms with E-state index < -0.39 is 0 Å². The van der Waals surface area contributed by atoms with Crippen LogP contribution in [0.4, 0.5) is 17.1 Å². The Morgan fingerprint density at radius 3 is 2.94 bits per heavy atom. The summed E-state index contributed by atoms with van der Waals surface area (Å²) in [6, 6.07) is 9.41. The van der Waals surface area contributed by atoms with Crippen molar-refractivity contribution in [2.45, 2.75) is 0 Å². The zero-order chi connectivity index (χ0) is 11.4. The van der Waals surface area contributed by atoms with E-state index in [0.717, 1.165) is 16.9 Å². The van der Waals surface area contributed by atoms with Crippen LogP contribution in [0.15, 0.2) is 42.7 Å². The fourth-order valence-corrected chi connectivity index (χ4v) is 1.36. The van der Waals surface area contributed by atoms with Crippen LogP contribution in [0.2, 0.25) is 0 Å². The van der Waals surface area contributed by atoms with Crippen molar-refractivity contribution in [3.05, 3.63) is 48.3 Å². The summed E-state index contributed by atoms with van der Waals surface area (Å²) in [5.41, 5.74) is 8.94. The lowest BCUT2D eigenvalue weighted by atomic mass is 10.2. The Hall–Kier alpha value is -2.47. The second kappa shape index (κ2) is 4.37. The molecule has 0 aliphatic heterocycles. The van der Waals surface area contributed by atoms with Crippen LogP contribution in [-0.2, 0) is 0 Å². The van der Waals surface area contributed by atoms with Crippen molar-refractivity contribution >= 4 is 17.1 Å². The second-order valence-corrected chi connectivity index (χ2v) is 3.31. The highest BCUT2D eigenvalue weighted by molar-refractivity contribution is 5.71. The van der Waals surface area contributed by atoms with Gasteiger partial charge in [0.1, 0.15) is 0 Å². The largest absolute Gasteiger partial charge is 0.396 e. The van der Waals surface area contributed by atoms with Gasteiger partial charge in [0, 0.05) is 17.4 Å². The molecular weight excluding hydrogens is 198 g/mol. The Labute approximate surface area is 94.3 Å². The van der Waals surface area contributed by atoms with Crippen LogP contribution in [0, 0.1) is 12.3 Å². The summed E-state index contributed by atoms with van der Waals surface area (Å²) >= 11 is 0. The molecule has 0 saturated heterocycles. The van der Waals surface area contributed by atoms with E-state index in [-0.39, 0.29) is 0 Å². The molecule has 0 unspecified atom stereocenters. The van der Waals surface area contributed by atoms with Gasteiger partial charge < -0.3 is 11.1 Å². The van der Waals surface area contributed by atoms with Gasteiger partial charge in [-0.05, 0) is 24.3 Å². The van der Waals surface area contributed by atoms with Crippen molar-refractivity contribution in [1.29, 1.82) is 0 Å². The SMILES string of the molecule is C#Cc1cccc(Nc2ccncc2N)c1. The lowest BCUT2D eigenvalue weighted by Crippen LogP contribution is -1.96. The summed E-state index contributed by atoms with van der Waals surface area (Å²) in [6.07, 6.45) is 8.62. The summed E-state index contributed by atoms with van der Waals surface area (Å²) in [5, 5.41) is 3.19. The second-order valence-electron chi connectivity index (χ2n) is 3.31. The van der Waals surface area contributed by atoms with Gasteiger partial charge >= 0.3 is 0 Å². The van der Waals surface area contributed by atoms with Gasteiger partial charge in [0.2, 0.25) is 0 Å². The Balaban J connectivity index is 2.28. The molecule has 3 N–H and O–H groups in total. The number of hydrogen-bond donors (Lipinski definition) is 2. The molecule has 0 aliphatic rings. The molecule has 0 fully saturated rings. The molecule has 1 aromatic carbocycles. The highest BCUT2D eigenvalue weighted by Gasteiger charge is 1.99. The predicted octanol–water partition coefficient (Wildman–Crippen LogP) is 2.39. The quantitative estimate of drug-likeness (QED) is 0.747. The number of aromatic nitrogens is 1. The molecule has 3 nitrogen and oxygen atoms in total. The highest BCUT2D eigenvalue weighted by Crippen LogP contribution is 2.21. The number of nitrogen functional groups attached to an aromatic ring is 1. The minimum Gasteiger partial charge on any atom is -0.396 e. The summed E-state index contributed by atoms with van der Waals surface area (Å²) in [5.74, 6) is 2.58. The number of pyridine rings is 1. The van der Waals surface area contributed by atoms with Gasteiger partial charge in [-0.25, -0.2) is 0 Å². The van der Waals surface area contributed by atoms with E-state index in [4.69, 9.17) is 12.2 Å². The topological polar surface area (TPSA) is 50.9 Å². The van der Waals surface area contributed by atoms with E-state index in [1.807, 2.05) is 30.3 Å². The van der Waals surface area contributed by atoms with Gasteiger partial charge in [0.25, 0.3) is 0 Å². The maximum Gasteiger partial charge on any atom is 0.0739 e. The Morgan fingerprint density at radius 1 is 1.31 bits per heavy atom. The summed E-state index contributed by atoms with van der Waals surface area (Å²) in [7, 11) is 0. The maximum absolute atomic E-state index is 5.77. The average Bonchev–Trinajstić information content (AvgIpc) is 2.32. The number of hydrogen-bond acceptors (Lipinski definition) is 3. The van der Waals surface area contributed by atoms with Gasteiger partial charge in [0.05, 0.1) is 17.6 Å². The molecule has 16 heavy (non-hydrogen) atoms. The van der Waals surface area contributed by atoms with E-state index in [0.29, 0.717) is 5.69 Å². The van der Waals surface area contributed by atoms with Crippen LogP contribution in [0.5, 0.6) is 0 Å². The van der Waals surface area contributed by atoms with Gasteiger partial charge in [-0.15, -0.1) is 6.42 Å². The monoisotopic (exact) mass is 209 g/mol. The first-order valence-corrected chi connectivity index (χ1v) is 4.83. The van der Waals surface area contributed by atoms with Gasteiger partial charge in [-0.2, -0.15) is 0 Å². The molecule has 0 amide bonds. The molecule has 1 aromatic heterocycles. The molecule has 2 rings (SSSR count). The number of rotatable bonds is 2. The van der Waals surface area contributed by atoms with E-state index in [1.165, 1.54) is 0 Å². The molecule has 0 aliphatic carbocycles. The van der Waals surface area contributed by atoms with Crippen molar-refractivity contribution < 1.29 is 0 Å². The predicted molar refractivity (Wildman–Crippen MR) is 66.3 cm³/mol. The van der Waals surface area contributed by atoms with Crippen LogP contribution in [0.25, 0.3) is 0 Å². The molecule has 0 spiro atoms. The van der Waals surface area contributed by atoms with E-state index >= 15 is 0 Å². The molecule has 1 heterocycles. The van der Waals surface area contributed by atoms with Crippen LogP contribution in [0.3, 0.4) is 0 Å². The average molecular weight is 209 g/mol. The number of nitrogens with two attached hydrogens (primary N) is 1. The van der Waals surface area contributed by atoms with E-state index in [1.54, 1.807) is 12.4 Å². The zero-order valence-electron chi connectivity index (χ0n) is 8.64. The molecule has 0 bridgehead atoms. The summed E-state index contributed by atoms with van der Waals surface area (Å²) in [6.45, 7) is 0. The number of nitrogens with one attached hydrogen (secondary N) is 1. The lowest BCUT2D eigenvalue weighted by molar-refractivity contribution is 1.33. The fraction of sp³-hybridized carbons (Fsp3) is 0. The van der Waals surface area contributed by atoms with Crippen LogP contribution in [0.1, 0.15) is 5.56 Å². The summed E-state index contributed by atoms with van der Waals surface area (Å²) in [4.78, 5) is 3.92. The minimum absolute atomic E-state index is 0.605. The maximum atomic E-state index is 5.77. The molecule has 0 atom stereocenters. The van der Waals surface area contributed by atoms with Crippen LogP contribution >= 0.6 is 0 Å². The number of terminal acetylenes is 1. The molecule has 0 saturated carbocycles. The van der Waals surface area contributed by atoms with Gasteiger partial charge in [0.15, 0.2) is 0 Å². The fourth-order valence-electron chi connectivity index (χ4n) is 1.36.